The van der Waals surface area contributed by atoms with Crippen molar-refractivity contribution in [3.63, 3.8) is 0 Å². The minimum atomic E-state index is -0.463. The molecule has 15 heavy (non-hydrogen) atoms. The molecule has 0 unspecified atom stereocenters. The molecule has 0 N–H and O–H groups in total. The number of pyridine rings is 1. The van der Waals surface area contributed by atoms with Crippen molar-refractivity contribution in [1.29, 1.82) is 0 Å². The zero-order valence-corrected chi connectivity index (χ0v) is 7.54. The van der Waals surface area contributed by atoms with Gasteiger partial charge in [-0.15, -0.1) is 5.10 Å². The van der Waals surface area contributed by atoms with Crippen LogP contribution in [0.5, 0.6) is 0 Å². The van der Waals surface area contributed by atoms with E-state index in [2.05, 4.69) is 20.5 Å². The lowest BCUT2D eigenvalue weighted by Gasteiger charge is -2.01. The molecule has 1 atom stereocenters. The molecule has 0 aliphatic carbocycles. The molecule has 2 aromatic rings. The fraction of sp³-hybridized carbons (Fsp3) is 0.250. The van der Waals surface area contributed by atoms with E-state index in [1.807, 2.05) is 0 Å². The highest BCUT2D eigenvalue weighted by Gasteiger charge is 2.26. The van der Waals surface area contributed by atoms with Gasteiger partial charge in [0.2, 0.25) is 0 Å². The molecular weight excluding hydrogens is 201 g/mol. The molecule has 1 saturated heterocycles. The SMILES string of the molecule is Fc1cc([C@H]2CO2)cnc1-n1cnnn1. The number of hydrogen-bond acceptors (Lipinski definition) is 5. The Hall–Kier alpha value is -1.89. The minimum absolute atomic E-state index is 0.00470. The van der Waals surface area contributed by atoms with Gasteiger partial charge in [0, 0.05) is 11.8 Å². The molecule has 1 aliphatic heterocycles. The summed E-state index contributed by atoms with van der Waals surface area (Å²) in [6.07, 6.45) is 2.85. The number of halogens is 1. The van der Waals surface area contributed by atoms with Crippen molar-refractivity contribution in [1.82, 2.24) is 25.2 Å². The number of epoxide rings is 1. The standard InChI is InChI=1S/C8H6FN5O/c9-6-1-5(7-3-15-7)2-10-8(6)14-4-11-12-13-14/h1-2,4,7H,3H2/t7-/m1/s1. The van der Waals surface area contributed by atoms with E-state index < -0.39 is 5.82 Å². The van der Waals surface area contributed by atoms with E-state index in [0.29, 0.717) is 6.61 Å². The van der Waals surface area contributed by atoms with Gasteiger partial charge in [-0.25, -0.2) is 9.37 Å². The van der Waals surface area contributed by atoms with Gasteiger partial charge < -0.3 is 4.74 Å². The Labute approximate surface area is 83.7 Å². The van der Waals surface area contributed by atoms with Crippen molar-refractivity contribution in [2.75, 3.05) is 6.61 Å². The van der Waals surface area contributed by atoms with E-state index in [9.17, 15) is 4.39 Å². The first-order valence-electron chi connectivity index (χ1n) is 4.35. The van der Waals surface area contributed by atoms with Crippen LogP contribution in [-0.2, 0) is 4.74 Å². The minimum Gasteiger partial charge on any atom is -0.368 e. The van der Waals surface area contributed by atoms with Gasteiger partial charge >= 0.3 is 0 Å². The van der Waals surface area contributed by atoms with Crippen LogP contribution < -0.4 is 0 Å². The molecule has 2 aromatic heterocycles. The molecule has 3 rings (SSSR count). The molecule has 0 spiro atoms. The zero-order valence-electron chi connectivity index (χ0n) is 7.54. The Balaban J connectivity index is 2.02. The van der Waals surface area contributed by atoms with E-state index in [-0.39, 0.29) is 11.9 Å². The van der Waals surface area contributed by atoms with E-state index >= 15 is 0 Å². The molecule has 76 valence electrons. The van der Waals surface area contributed by atoms with Crippen molar-refractivity contribution in [2.24, 2.45) is 0 Å². The number of ether oxygens (including phenoxy) is 1. The smallest absolute Gasteiger partial charge is 0.193 e. The van der Waals surface area contributed by atoms with Gasteiger partial charge in [-0.05, 0) is 16.5 Å². The first kappa shape index (κ1) is 8.42. The Bertz CT molecular complexity index is 482. The van der Waals surface area contributed by atoms with Crippen LogP contribution in [0, 0.1) is 5.82 Å². The van der Waals surface area contributed by atoms with Crippen LogP contribution in [0.15, 0.2) is 18.6 Å². The summed E-state index contributed by atoms with van der Waals surface area (Å²) in [7, 11) is 0. The van der Waals surface area contributed by atoms with Gasteiger partial charge in [0.15, 0.2) is 11.6 Å². The van der Waals surface area contributed by atoms with E-state index in [1.165, 1.54) is 17.1 Å². The van der Waals surface area contributed by atoms with Crippen LogP contribution >= 0.6 is 0 Å². The monoisotopic (exact) mass is 207 g/mol. The second kappa shape index (κ2) is 3.06. The van der Waals surface area contributed by atoms with Crippen LogP contribution in [-0.4, -0.2) is 31.8 Å². The molecule has 0 aromatic carbocycles. The third kappa shape index (κ3) is 1.46. The molecule has 7 heteroatoms. The summed E-state index contributed by atoms with van der Waals surface area (Å²) < 4.78 is 19.8. The van der Waals surface area contributed by atoms with Crippen molar-refractivity contribution in [3.05, 3.63) is 30.0 Å². The van der Waals surface area contributed by atoms with Gasteiger partial charge in [-0.3, -0.25) is 0 Å². The molecule has 1 fully saturated rings. The van der Waals surface area contributed by atoms with Gasteiger partial charge in [-0.1, -0.05) is 0 Å². The molecule has 3 heterocycles. The summed E-state index contributed by atoms with van der Waals surface area (Å²) in [5.41, 5.74) is 0.740. The van der Waals surface area contributed by atoms with E-state index in [1.54, 1.807) is 6.20 Å². The average Bonchev–Trinajstić information content (AvgIpc) is 2.95. The lowest BCUT2D eigenvalue weighted by Crippen LogP contribution is -2.03. The third-order valence-electron chi connectivity index (χ3n) is 2.11. The second-order valence-corrected chi connectivity index (χ2v) is 3.15. The summed E-state index contributed by atoms with van der Waals surface area (Å²) >= 11 is 0. The van der Waals surface area contributed by atoms with Crippen molar-refractivity contribution >= 4 is 0 Å². The fourth-order valence-electron chi connectivity index (χ4n) is 1.29. The fourth-order valence-corrected chi connectivity index (χ4v) is 1.29. The van der Waals surface area contributed by atoms with E-state index in [4.69, 9.17) is 4.74 Å². The lowest BCUT2D eigenvalue weighted by atomic mass is 10.2. The highest BCUT2D eigenvalue weighted by molar-refractivity contribution is 5.28. The van der Waals surface area contributed by atoms with Crippen molar-refractivity contribution < 1.29 is 9.13 Å². The number of rotatable bonds is 2. The van der Waals surface area contributed by atoms with Crippen LogP contribution in [0.4, 0.5) is 4.39 Å². The van der Waals surface area contributed by atoms with Crippen molar-refractivity contribution in [3.8, 4) is 5.82 Å². The summed E-state index contributed by atoms with van der Waals surface area (Å²) in [6.45, 7) is 0.630. The predicted molar refractivity (Wildman–Crippen MR) is 45.6 cm³/mol. The van der Waals surface area contributed by atoms with Crippen LogP contribution in [0.25, 0.3) is 5.82 Å². The maximum Gasteiger partial charge on any atom is 0.193 e. The molecule has 1 aliphatic rings. The highest BCUT2D eigenvalue weighted by Crippen LogP contribution is 2.29. The number of aromatic nitrogens is 5. The lowest BCUT2D eigenvalue weighted by molar-refractivity contribution is 0.414. The Morgan fingerprint density at radius 3 is 3.00 bits per heavy atom. The first-order valence-corrected chi connectivity index (χ1v) is 4.35. The normalized spacial score (nSPS) is 19.1. The maximum atomic E-state index is 13.6. The summed E-state index contributed by atoms with van der Waals surface area (Å²) in [4.78, 5) is 3.95. The Kier molecular flexibility index (Phi) is 1.72. The van der Waals surface area contributed by atoms with Crippen molar-refractivity contribution in [2.45, 2.75) is 6.10 Å². The molecule has 6 nitrogen and oxygen atoms in total. The predicted octanol–water partition coefficient (Wildman–Crippen LogP) is 0.268. The summed E-state index contributed by atoms with van der Waals surface area (Å²) in [6, 6.07) is 1.39. The molecular formula is C8H6FN5O. The molecule has 0 bridgehead atoms. The number of nitrogens with zero attached hydrogens (tertiary/aromatic N) is 5. The Morgan fingerprint density at radius 2 is 2.40 bits per heavy atom. The summed E-state index contributed by atoms with van der Waals surface area (Å²) in [5.74, 6) is -0.375. The topological polar surface area (TPSA) is 69.0 Å². The second-order valence-electron chi connectivity index (χ2n) is 3.15. The summed E-state index contributed by atoms with van der Waals surface area (Å²) in [5, 5.41) is 10.4. The first-order chi connectivity index (χ1) is 7.34. The maximum absolute atomic E-state index is 13.6. The number of hydrogen-bond donors (Lipinski definition) is 0. The van der Waals surface area contributed by atoms with Crippen LogP contribution in [0.3, 0.4) is 0 Å². The van der Waals surface area contributed by atoms with Crippen LogP contribution in [0.1, 0.15) is 11.7 Å². The zero-order chi connectivity index (χ0) is 10.3. The molecule has 0 radical (unpaired) electrons. The van der Waals surface area contributed by atoms with Gasteiger partial charge in [0.1, 0.15) is 12.4 Å². The average molecular weight is 207 g/mol. The molecule has 0 amide bonds. The van der Waals surface area contributed by atoms with Gasteiger partial charge in [0.25, 0.3) is 0 Å². The number of tetrazole rings is 1. The third-order valence-corrected chi connectivity index (χ3v) is 2.11. The van der Waals surface area contributed by atoms with Gasteiger partial charge in [0.05, 0.1) is 6.61 Å². The Morgan fingerprint density at radius 1 is 1.53 bits per heavy atom. The largest absolute Gasteiger partial charge is 0.368 e. The van der Waals surface area contributed by atoms with E-state index in [0.717, 1.165) is 5.56 Å². The highest BCUT2D eigenvalue weighted by atomic mass is 19.1. The van der Waals surface area contributed by atoms with Crippen LogP contribution in [0.2, 0.25) is 0 Å². The molecule has 0 saturated carbocycles. The van der Waals surface area contributed by atoms with Gasteiger partial charge in [-0.2, -0.15) is 4.68 Å². The quantitative estimate of drug-likeness (QED) is 0.661.